The maximum atomic E-state index is 9.94. The van der Waals surface area contributed by atoms with Gasteiger partial charge in [0.25, 0.3) is 0 Å². The van der Waals surface area contributed by atoms with Crippen LogP contribution in [0.5, 0.6) is 11.5 Å². The van der Waals surface area contributed by atoms with E-state index in [-0.39, 0.29) is 35.8 Å². The van der Waals surface area contributed by atoms with Crippen molar-refractivity contribution < 1.29 is 14.6 Å². The summed E-state index contributed by atoms with van der Waals surface area (Å²) in [6.45, 7) is 3.91. The Morgan fingerprint density at radius 1 is 1.14 bits per heavy atom. The zero-order chi connectivity index (χ0) is 19.5. The quantitative estimate of drug-likeness (QED) is 0.212. The van der Waals surface area contributed by atoms with E-state index in [4.69, 9.17) is 9.47 Å². The Morgan fingerprint density at radius 3 is 2.57 bits per heavy atom. The van der Waals surface area contributed by atoms with Gasteiger partial charge in [0.15, 0.2) is 5.96 Å². The van der Waals surface area contributed by atoms with E-state index in [1.54, 1.807) is 32.4 Å². The summed E-state index contributed by atoms with van der Waals surface area (Å²) in [5, 5.41) is 16.4. The van der Waals surface area contributed by atoms with Crippen LogP contribution in [0.25, 0.3) is 0 Å². The van der Waals surface area contributed by atoms with E-state index in [9.17, 15) is 5.11 Å². The van der Waals surface area contributed by atoms with Crippen molar-refractivity contribution >= 4 is 29.9 Å². The first-order valence-corrected chi connectivity index (χ1v) is 9.11. The fourth-order valence-electron chi connectivity index (χ4n) is 2.59. The van der Waals surface area contributed by atoms with Crippen LogP contribution in [0.2, 0.25) is 0 Å². The van der Waals surface area contributed by atoms with Gasteiger partial charge in [-0.2, -0.15) is 0 Å². The Hall–Kier alpha value is -2.00. The van der Waals surface area contributed by atoms with Crippen LogP contribution < -0.4 is 15.4 Å². The van der Waals surface area contributed by atoms with Crippen LogP contribution in [0.4, 0.5) is 0 Å². The summed E-state index contributed by atoms with van der Waals surface area (Å²) >= 11 is 0. The van der Waals surface area contributed by atoms with Gasteiger partial charge in [-0.05, 0) is 37.1 Å². The molecule has 0 aliphatic carbocycles. The van der Waals surface area contributed by atoms with Gasteiger partial charge < -0.3 is 25.2 Å². The van der Waals surface area contributed by atoms with Crippen molar-refractivity contribution in [2.24, 2.45) is 4.99 Å². The lowest BCUT2D eigenvalue weighted by molar-refractivity contribution is 0.0646. The van der Waals surface area contributed by atoms with Gasteiger partial charge in [0.05, 0.1) is 13.2 Å². The molecule has 0 spiro atoms. The van der Waals surface area contributed by atoms with Crippen molar-refractivity contribution in [3.05, 3.63) is 59.7 Å². The summed E-state index contributed by atoms with van der Waals surface area (Å²) in [4.78, 5) is 4.20. The van der Waals surface area contributed by atoms with Crippen molar-refractivity contribution in [1.82, 2.24) is 10.6 Å². The van der Waals surface area contributed by atoms with Crippen LogP contribution in [-0.2, 0) is 11.3 Å². The maximum absolute atomic E-state index is 9.94. The molecule has 2 aromatic carbocycles. The number of halogens is 1. The third-order valence-corrected chi connectivity index (χ3v) is 4.21. The van der Waals surface area contributed by atoms with E-state index in [2.05, 4.69) is 34.7 Å². The van der Waals surface area contributed by atoms with E-state index in [0.29, 0.717) is 24.9 Å². The van der Waals surface area contributed by atoms with Crippen LogP contribution in [-0.4, -0.2) is 38.4 Å². The molecule has 0 aliphatic heterocycles. The van der Waals surface area contributed by atoms with Crippen molar-refractivity contribution in [2.45, 2.75) is 26.0 Å². The third-order valence-electron chi connectivity index (χ3n) is 4.21. The minimum atomic E-state index is 0. The highest BCUT2D eigenvalue weighted by atomic mass is 127. The third kappa shape index (κ3) is 7.93. The average molecular weight is 499 g/mol. The van der Waals surface area contributed by atoms with Crippen LogP contribution in [0.1, 0.15) is 30.6 Å². The lowest BCUT2D eigenvalue weighted by atomic mass is 10.1. The molecule has 0 saturated heterocycles. The van der Waals surface area contributed by atoms with Crippen molar-refractivity contribution in [2.75, 3.05) is 27.3 Å². The monoisotopic (exact) mass is 499 g/mol. The van der Waals surface area contributed by atoms with Gasteiger partial charge in [-0.25, -0.2) is 0 Å². The Balaban J connectivity index is 0.00000392. The molecule has 7 heteroatoms. The van der Waals surface area contributed by atoms with E-state index >= 15 is 0 Å². The smallest absolute Gasteiger partial charge is 0.191 e. The SMILES string of the molecule is CN=C(NCCCOC(C)c1ccccc1)NCc1cc(OC)ccc1O.I. The van der Waals surface area contributed by atoms with Crippen molar-refractivity contribution in [3.8, 4) is 11.5 Å². The summed E-state index contributed by atoms with van der Waals surface area (Å²) in [6.07, 6.45) is 0.946. The number of rotatable bonds is 9. The molecule has 0 saturated carbocycles. The summed E-state index contributed by atoms with van der Waals surface area (Å²) in [5.74, 6) is 1.60. The molecule has 6 nitrogen and oxygen atoms in total. The second-order valence-electron chi connectivity index (χ2n) is 6.12. The van der Waals surface area contributed by atoms with E-state index in [0.717, 1.165) is 18.5 Å². The number of nitrogens with one attached hydrogen (secondary N) is 2. The molecule has 0 bridgehead atoms. The van der Waals surface area contributed by atoms with Gasteiger partial charge in [0.2, 0.25) is 0 Å². The number of nitrogens with zero attached hydrogens (tertiary/aromatic N) is 1. The molecule has 0 fully saturated rings. The Bertz CT molecular complexity index is 726. The van der Waals surface area contributed by atoms with Crippen molar-refractivity contribution in [1.29, 1.82) is 0 Å². The molecule has 2 rings (SSSR count). The highest BCUT2D eigenvalue weighted by Gasteiger charge is 2.06. The molecule has 0 heterocycles. The molecule has 28 heavy (non-hydrogen) atoms. The Morgan fingerprint density at radius 2 is 1.89 bits per heavy atom. The second kappa shape index (κ2) is 13.2. The van der Waals surface area contributed by atoms with E-state index in [1.807, 2.05) is 18.2 Å². The molecule has 2 aromatic rings. The van der Waals surface area contributed by atoms with E-state index in [1.165, 1.54) is 5.56 Å². The summed E-state index contributed by atoms with van der Waals surface area (Å²) in [5.41, 5.74) is 1.93. The number of aromatic hydroxyl groups is 1. The maximum Gasteiger partial charge on any atom is 0.191 e. The molecule has 1 atom stereocenters. The predicted octanol–water partition coefficient (Wildman–Crippen LogP) is 3.85. The van der Waals surface area contributed by atoms with Crippen molar-refractivity contribution in [3.63, 3.8) is 0 Å². The number of phenolic OH excluding ortho intramolecular Hbond substituents is 1. The molecular weight excluding hydrogens is 469 g/mol. The largest absolute Gasteiger partial charge is 0.508 e. The minimum Gasteiger partial charge on any atom is -0.508 e. The molecule has 1 unspecified atom stereocenters. The fourth-order valence-corrected chi connectivity index (χ4v) is 2.59. The predicted molar refractivity (Wildman–Crippen MR) is 124 cm³/mol. The minimum absolute atomic E-state index is 0. The van der Waals surface area contributed by atoms with Gasteiger partial charge in [0, 0.05) is 32.3 Å². The summed E-state index contributed by atoms with van der Waals surface area (Å²) in [7, 11) is 3.32. The normalized spacial score (nSPS) is 12.0. The molecule has 0 radical (unpaired) electrons. The highest BCUT2D eigenvalue weighted by Crippen LogP contribution is 2.22. The lowest BCUT2D eigenvalue weighted by Gasteiger charge is -2.15. The zero-order valence-electron chi connectivity index (χ0n) is 16.6. The van der Waals surface area contributed by atoms with E-state index < -0.39 is 0 Å². The summed E-state index contributed by atoms with van der Waals surface area (Å²) < 4.78 is 11.1. The number of methoxy groups -OCH3 is 1. The number of guanidine groups is 1. The fraction of sp³-hybridized carbons (Fsp3) is 0.381. The number of phenols is 1. The summed E-state index contributed by atoms with van der Waals surface area (Å²) in [6, 6.07) is 15.3. The first kappa shape index (κ1) is 24.0. The topological polar surface area (TPSA) is 75.1 Å². The average Bonchev–Trinajstić information content (AvgIpc) is 2.71. The van der Waals surface area contributed by atoms with Gasteiger partial charge in [-0.15, -0.1) is 24.0 Å². The van der Waals surface area contributed by atoms with Gasteiger partial charge in [-0.1, -0.05) is 30.3 Å². The number of aliphatic imine (C=N–C) groups is 1. The van der Waals surface area contributed by atoms with Gasteiger partial charge in [0.1, 0.15) is 11.5 Å². The number of benzene rings is 2. The molecule has 3 N–H and O–H groups in total. The molecule has 0 aliphatic rings. The molecule has 154 valence electrons. The first-order chi connectivity index (χ1) is 13.1. The number of ether oxygens (including phenoxy) is 2. The highest BCUT2D eigenvalue weighted by molar-refractivity contribution is 14.0. The lowest BCUT2D eigenvalue weighted by Crippen LogP contribution is -2.37. The zero-order valence-corrected chi connectivity index (χ0v) is 19.0. The molecule has 0 aromatic heterocycles. The Labute approximate surface area is 184 Å². The van der Waals surface area contributed by atoms with Crippen LogP contribution >= 0.6 is 24.0 Å². The van der Waals surface area contributed by atoms with Gasteiger partial charge in [-0.3, -0.25) is 4.99 Å². The van der Waals surface area contributed by atoms with Gasteiger partial charge >= 0.3 is 0 Å². The number of hydrogen-bond donors (Lipinski definition) is 3. The molecular formula is C21H30IN3O3. The van der Waals surface area contributed by atoms with Crippen LogP contribution in [0.15, 0.2) is 53.5 Å². The number of hydrogen-bond acceptors (Lipinski definition) is 4. The standard InChI is InChI=1S/C21H29N3O3.HI/c1-16(17-8-5-4-6-9-17)27-13-7-12-23-21(22-2)24-15-18-14-19(26-3)10-11-20(18)25;/h4-6,8-11,14,16,25H,7,12-13,15H2,1-3H3,(H2,22,23,24);1H. The second-order valence-corrected chi connectivity index (χ2v) is 6.12. The van der Waals surface area contributed by atoms with Crippen LogP contribution in [0.3, 0.4) is 0 Å². The Kier molecular flexibility index (Phi) is 11.4. The van der Waals surface area contributed by atoms with Crippen LogP contribution in [0, 0.1) is 0 Å². The molecule has 0 amide bonds. The first-order valence-electron chi connectivity index (χ1n) is 9.11.